The van der Waals surface area contributed by atoms with Crippen LogP contribution in [0.4, 0.5) is 13.2 Å². The van der Waals surface area contributed by atoms with Crippen molar-refractivity contribution in [2.75, 3.05) is 0 Å². The van der Waals surface area contributed by atoms with Gasteiger partial charge >= 0.3 is 6.18 Å². The Morgan fingerprint density at radius 1 is 1.00 bits per heavy atom. The fraction of sp³-hybridized carbons (Fsp3) is 0.0714. The molecule has 6 heteroatoms. The summed E-state index contributed by atoms with van der Waals surface area (Å²) in [6.45, 7) is 0. The first-order valence-corrected chi connectivity index (χ1v) is 6.57. The summed E-state index contributed by atoms with van der Waals surface area (Å²) in [6.07, 6.45) is -2.92. The van der Waals surface area contributed by atoms with E-state index in [2.05, 4.69) is 21.0 Å². The molecule has 20 heavy (non-hydrogen) atoms. The molecule has 2 heterocycles. The highest BCUT2D eigenvalue weighted by Gasteiger charge is 2.34. The summed E-state index contributed by atoms with van der Waals surface area (Å²) >= 11 is 3.25. The first-order valence-electron chi connectivity index (χ1n) is 5.78. The van der Waals surface area contributed by atoms with Crippen LogP contribution in [0, 0.1) is 0 Å². The lowest BCUT2D eigenvalue weighted by molar-refractivity contribution is -0.136. The smallest absolute Gasteiger partial charge is 0.239 e. The number of halogens is 4. The molecular formula is C14H8BrF3N2. The lowest BCUT2D eigenvalue weighted by atomic mass is 10.1. The second-order valence-corrected chi connectivity index (χ2v) is 5.03. The largest absolute Gasteiger partial charge is 0.418 e. The van der Waals surface area contributed by atoms with Gasteiger partial charge in [-0.1, -0.05) is 30.3 Å². The molecule has 102 valence electrons. The van der Waals surface area contributed by atoms with Crippen LogP contribution in [0.2, 0.25) is 0 Å². The maximum Gasteiger partial charge on any atom is 0.418 e. The number of aromatic nitrogens is 2. The van der Waals surface area contributed by atoms with Gasteiger partial charge in [-0.15, -0.1) is 0 Å². The first-order chi connectivity index (χ1) is 9.48. The normalized spacial score (nSPS) is 12.0. The van der Waals surface area contributed by atoms with Crippen molar-refractivity contribution in [3.8, 4) is 11.3 Å². The molecule has 0 atom stereocenters. The van der Waals surface area contributed by atoms with Gasteiger partial charge in [-0.3, -0.25) is 0 Å². The number of benzene rings is 1. The van der Waals surface area contributed by atoms with E-state index in [-0.39, 0.29) is 5.52 Å². The summed E-state index contributed by atoms with van der Waals surface area (Å²) in [5.41, 5.74) is 0.568. The van der Waals surface area contributed by atoms with Gasteiger partial charge in [0.1, 0.15) is 5.69 Å². The van der Waals surface area contributed by atoms with E-state index in [1.807, 2.05) is 18.2 Å². The summed E-state index contributed by atoms with van der Waals surface area (Å²) in [7, 11) is 0. The predicted octanol–water partition coefficient (Wildman–Crippen LogP) is 4.78. The number of pyridine rings is 1. The van der Waals surface area contributed by atoms with E-state index in [0.29, 0.717) is 10.2 Å². The molecule has 0 spiro atoms. The Balaban J connectivity index is 2.32. The van der Waals surface area contributed by atoms with Crippen LogP contribution >= 0.6 is 15.9 Å². The molecular weight excluding hydrogens is 333 g/mol. The molecule has 0 saturated heterocycles. The number of alkyl halides is 3. The molecule has 0 radical (unpaired) electrons. The van der Waals surface area contributed by atoms with Crippen molar-refractivity contribution in [1.29, 1.82) is 0 Å². The van der Waals surface area contributed by atoms with Gasteiger partial charge in [0.2, 0.25) is 0 Å². The molecule has 2 nitrogen and oxygen atoms in total. The molecule has 0 saturated carbocycles. The molecule has 0 aliphatic carbocycles. The van der Waals surface area contributed by atoms with E-state index in [1.165, 1.54) is 16.8 Å². The third-order valence-corrected chi connectivity index (χ3v) is 3.70. The zero-order valence-corrected chi connectivity index (χ0v) is 11.6. The SMILES string of the molecule is FC(F)(F)c1cccn2nc(-c3ccccc3)c(Br)c12. The summed E-state index contributed by atoms with van der Waals surface area (Å²) in [6, 6.07) is 11.5. The highest BCUT2D eigenvalue weighted by Crippen LogP contribution is 2.38. The first kappa shape index (κ1) is 13.2. The fourth-order valence-electron chi connectivity index (χ4n) is 2.07. The van der Waals surface area contributed by atoms with Crippen molar-refractivity contribution in [3.05, 3.63) is 58.7 Å². The maximum atomic E-state index is 13.0. The number of nitrogens with zero attached hydrogens (tertiary/aromatic N) is 2. The molecule has 1 aromatic carbocycles. The molecule has 0 aliphatic rings. The lowest BCUT2D eigenvalue weighted by Gasteiger charge is -2.08. The van der Waals surface area contributed by atoms with E-state index >= 15 is 0 Å². The minimum absolute atomic E-state index is 0.0267. The Bertz CT molecular complexity index is 763. The van der Waals surface area contributed by atoms with Gasteiger partial charge in [-0.05, 0) is 28.1 Å². The molecule has 0 N–H and O–H groups in total. The van der Waals surface area contributed by atoms with Crippen molar-refractivity contribution < 1.29 is 13.2 Å². The number of fused-ring (bicyclic) bond motifs is 1. The Labute approximate surface area is 121 Å². The predicted molar refractivity (Wildman–Crippen MR) is 73.3 cm³/mol. The quantitative estimate of drug-likeness (QED) is 0.623. The lowest BCUT2D eigenvalue weighted by Crippen LogP contribution is -2.07. The maximum absolute atomic E-state index is 13.0. The average Bonchev–Trinajstić information content (AvgIpc) is 2.76. The Hall–Kier alpha value is -1.82. The third kappa shape index (κ3) is 2.10. The second-order valence-electron chi connectivity index (χ2n) is 4.24. The number of hydrogen-bond acceptors (Lipinski definition) is 1. The molecule has 2 aromatic heterocycles. The van der Waals surface area contributed by atoms with Gasteiger partial charge in [0, 0.05) is 11.8 Å². The van der Waals surface area contributed by atoms with Crippen molar-refractivity contribution in [2.24, 2.45) is 0 Å². The van der Waals surface area contributed by atoms with Crippen LogP contribution in [0.25, 0.3) is 16.8 Å². The topological polar surface area (TPSA) is 17.3 Å². The van der Waals surface area contributed by atoms with Crippen LogP contribution in [0.3, 0.4) is 0 Å². The van der Waals surface area contributed by atoms with Crippen LogP contribution in [-0.4, -0.2) is 9.61 Å². The molecule has 0 bridgehead atoms. The molecule has 0 aliphatic heterocycles. The number of hydrogen-bond donors (Lipinski definition) is 0. The van der Waals surface area contributed by atoms with Crippen LogP contribution < -0.4 is 0 Å². The van der Waals surface area contributed by atoms with Crippen molar-refractivity contribution in [3.63, 3.8) is 0 Å². The monoisotopic (exact) mass is 340 g/mol. The van der Waals surface area contributed by atoms with Crippen LogP contribution in [0.1, 0.15) is 5.56 Å². The average molecular weight is 341 g/mol. The Morgan fingerprint density at radius 2 is 1.70 bits per heavy atom. The van der Waals surface area contributed by atoms with Crippen molar-refractivity contribution >= 4 is 21.4 Å². The van der Waals surface area contributed by atoms with E-state index in [4.69, 9.17) is 0 Å². The summed E-state index contributed by atoms with van der Waals surface area (Å²) in [4.78, 5) is 0. The van der Waals surface area contributed by atoms with E-state index < -0.39 is 11.7 Å². The molecule has 3 aromatic rings. The minimum Gasteiger partial charge on any atom is -0.239 e. The Morgan fingerprint density at radius 3 is 2.35 bits per heavy atom. The number of rotatable bonds is 1. The molecule has 0 amide bonds. The third-order valence-electron chi connectivity index (χ3n) is 2.95. The van der Waals surface area contributed by atoms with Gasteiger partial charge in [0.15, 0.2) is 0 Å². The highest BCUT2D eigenvalue weighted by molar-refractivity contribution is 9.10. The zero-order chi connectivity index (χ0) is 14.3. The zero-order valence-electron chi connectivity index (χ0n) is 10.0. The van der Waals surface area contributed by atoms with Crippen LogP contribution in [-0.2, 0) is 6.18 Å². The van der Waals surface area contributed by atoms with Gasteiger partial charge in [0.05, 0.1) is 15.6 Å². The molecule has 0 unspecified atom stereocenters. The van der Waals surface area contributed by atoms with E-state index in [9.17, 15) is 13.2 Å². The summed E-state index contributed by atoms with van der Waals surface area (Å²) < 4.78 is 40.7. The fourth-order valence-corrected chi connectivity index (χ4v) is 2.78. The standard InChI is InChI=1S/C14H8BrF3N2/c15-11-12(9-5-2-1-3-6-9)19-20-8-4-7-10(13(11)20)14(16,17)18/h1-8H. The van der Waals surface area contributed by atoms with E-state index in [1.54, 1.807) is 12.1 Å². The highest BCUT2D eigenvalue weighted by atomic mass is 79.9. The van der Waals surface area contributed by atoms with Crippen molar-refractivity contribution in [2.45, 2.75) is 6.18 Å². The summed E-state index contributed by atoms with van der Waals surface area (Å²) in [5, 5.41) is 4.23. The summed E-state index contributed by atoms with van der Waals surface area (Å²) in [5.74, 6) is 0. The van der Waals surface area contributed by atoms with Gasteiger partial charge < -0.3 is 0 Å². The molecule has 3 rings (SSSR count). The van der Waals surface area contributed by atoms with Gasteiger partial charge in [-0.2, -0.15) is 18.3 Å². The van der Waals surface area contributed by atoms with Crippen molar-refractivity contribution in [1.82, 2.24) is 9.61 Å². The van der Waals surface area contributed by atoms with Gasteiger partial charge in [-0.25, -0.2) is 4.52 Å². The molecule has 0 fully saturated rings. The van der Waals surface area contributed by atoms with Gasteiger partial charge in [0.25, 0.3) is 0 Å². The van der Waals surface area contributed by atoms with Crippen LogP contribution in [0.5, 0.6) is 0 Å². The van der Waals surface area contributed by atoms with Crippen LogP contribution in [0.15, 0.2) is 53.1 Å². The second kappa shape index (κ2) is 4.63. The Kier molecular flexibility index (Phi) is 3.05. The minimum atomic E-state index is -4.42. The van der Waals surface area contributed by atoms with E-state index in [0.717, 1.165) is 11.6 Å².